The first-order valence-electron chi connectivity index (χ1n) is 8.89. The van der Waals surface area contributed by atoms with Crippen molar-refractivity contribution >= 4 is 33.0 Å². The Hall–Kier alpha value is -2.83. The number of carbonyl (C=O) groups is 1. The Morgan fingerprint density at radius 3 is 2.41 bits per heavy atom. The summed E-state index contributed by atoms with van der Waals surface area (Å²) in [6, 6.07) is 13.4. The van der Waals surface area contributed by atoms with Gasteiger partial charge in [-0.3, -0.25) is 4.79 Å². The number of nitrogens with one attached hydrogen (secondary N) is 1. The molecule has 1 heterocycles. The molecule has 1 N–H and O–H groups in total. The predicted molar refractivity (Wildman–Crippen MR) is 117 cm³/mol. The van der Waals surface area contributed by atoms with E-state index in [0.29, 0.717) is 28.5 Å². The third-order valence-corrected chi connectivity index (χ3v) is 5.95. The zero-order valence-electron chi connectivity index (χ0n) is 16.1. The molecule has 0 fully saturated rings. The lowest BCUT2D eigenvalue weighted by Gasteiger charge is -2.13. The zero-order chi connectivity index (χ0) is 21.2. The molecular formula is C22H21ClN2O3S. The molecule has 0 aliphatic carbocycles. The predicted octanol–water partition coefficient (Wildman–Crippen LogP) is 4.96. The van der Waals surface area contributed by atoms with Crippen LogP contribution in [0.15, 0.2) is 72.3 Å². The Labute approximate surface area is 175 Å². The highest BCUT2D eigenvalue weighted by atomic mass is 35.5. The van der Waals surface area contributed by atoms with E-state index in [1.807, 2.05) is 35.9 Å². The minimum atomic E-state index is -3.30. The molecule has 3 rings (SSSR count). The van der Waals surface area contributed by atoms with Gasteiger partial charge in [-0.25, -0.2) is 8.42 Å². The highest BCUT2D eigenvalue weighted by Gasteiger charge is 2.22. The van der Waals surface area contributed by atoms with Gasteiger partial charge in [0.2, 0.25) is 0 Å². The van der Waals surface area contributed by atoms with Crippen LogP contribution in [0.1, 0.15) is 15.9 Å². The maximum atomic E-state index is 13.1. The van der Waals surface area contributed by atoms with Crippen molar-refractivity contribution in [3.8, 4) is 11.3 Å². The Bertz CT molecular complexity index is 1180. The molecule has 0 atom stereocenters. The lowest BCUT2D eigenvalue weighted by Crippen LogP contribution is -2.14. The molecule has 0 unspecified atom stereocenters. The fraction of sp³-hybridized carbons (Fsp3) is 0.136. The van der Waals surface area contributed by atoms with Gasteiger partial charge in [0, 0.05) is 35.3 Å². The first kappa shape index (κ1) is 20.9. The lowest BCUT2D eigenvalue weighted by molar-refractivity contribution is 0.102. The number of allylic oxidation sites excluding steroid dienone is 1. The summed E-state index contributed by atoms with van der Waals surface area (Å²) in [7, 11) is -3.30. The van der Waals surface area contributed by atoms with Gasteiger partial charge < -0.3 is 9.88 Å². The molecule has 0 aliphatic heterocycles. The summed E-state index contributed by atoms with van der Waals surface area (Å²) in [5, 5.41) is 3.39. The van der Waals surface area contributed by atoms with Crippen LogP contribution in [0, 0.1) is 6.92 Å². The van der Waals surface area contributed by atoms with E-state index in [-0.39, 0.29) is 10.8 Å². The molecule has 2 aromatic carbocycles. The molecule has 1 aromatic heterocycles. The number of anilines is 1. The van der Waals surface area contributed by atoms with Crippen molar-refractivity contribution in [2.75, 3.05) is 11.6 Å². The summed E-state index contributed by atoms with van der Waals surface area (Å²) in [4.78, 5) is 13.3. The molecule has 0 saturated heterocycles. The summed E-state index contributed by atoms with van der Waals surface area (Å²) in [5.74, 6) is -0.299. The molecule has 0 aliphatic rings. The van der Waals surface area contributed by atoms with Crippen molar-refractivity contribution < 1.29 is 13.2 Å². The van der Waals surface area contributed by atoms with Gasteiger partial charge in [0.1, 0.15) is 0 Å². The van der Waals surface area contributed by atoms with Crippen LogP contribution in [0.3, 0.4) is 0 Å². The standard InChI is InChI=1S/C22H21ClN2O3S/c1-4-13-25-14-15(2)20(21(25)18-7-5-6-8-19(18)23)22(26)24-16-9-11-17(12-10-16)29(3,27)28/h4-12,14H,1,13H2,2-3H3,(H,24,26). The van der Waals surface area contributed by atoms with Gasteiger partial charge in [0.15, 0.2) is 9.84 Å². The van der Waals surface area contributed by atoms with Crippen LogP contribution in [0.4, 0.5) is 5.69 Å². The van der Waals surface area contributed by atoms with E-state index in [0.717, 1.165) is 17.4 Å². The smallest absolute Gasteiger partial charge is 0.258 e. The van der Waals surface area contributed by atoms with Crippen LogP contribution in [-0.2, 0) is 16.4 Å². The Morgan fingerprint density at radius 1 is 1.17 bits per heavy atom. The number of nitrogens with zero attached hydrogens (tertiary/aromatic N) is 1. The van der Waals surface area contributed by atoms with Crippen LogP contribution < -0.4 is 5.32 Å². The van der Waals surface area contributed by atoms with Gasteiger partial charge in [0.05, 0.1) is 16.2 Å². The molecule has 0 spiro atoms. The normalized spacial score (nSPS) is 11.3. The third-order valence-electron chi connectivity index (χ3n) is 4.49. The van der Waals surface area contributed by atoms with Crippen molar-refractivity contribution in [3.05, 3.63) is 83.5 Å². The van der Waals surface area contributed by atoms with E-state index in [9.17, 15) is 13.2 Å². The maximum absolute atomic E-state index is 13.1. The van der Waals surface area contributed by atoms with Crippen molar-refractivity contribution in [1.29, 1.82) is 0 Å². The highest BCUT2D eigenvalue weighted by molar-refractivity contribution is 7.90. The molecule has 0 saturated carbocycles. The number of amides is 1. The number of rotatable bonds is 6. The number of hydrogen-bond acceptors (Lipinski definition) is 3. The van der Waals surface area contributed by atoms with E-state index in [4.69, 9.17) is 11.6 Å². The number of benzene rings is 2. The van der Waals surface area contributed by atoms with Gasteiger partial charge in [-0.15, -0.1) is 6.58 Å². The molecule has 7 heteroatoms. The fourth-order valence-electron chi connectivity index (χ4n) is 3.18. The van der Waals surface area contributed by atoms with Crippen molar-refractivity contribution in [2.24, 2.45) is 0 Å². The minimum absolute atomic E-state index is 0.195. The van der Waals surface area contributed by atoms with Crippen molar-refractivity contribution in [1.82, 2.24) is 4.57 Å². The molecule has 5 nitrogen and oxygen atoms in total. The lowest BCUT2D eigenvalue weighted by atomic mass is 10.0. The van der Waals surface area contributed by atoms with Gasteiger partial charge in [-0.2, -0.15) is 0 Å². The number of aryl methyl sites for hydroxylation is 1. The van der Waals surface area contributed by atoms with E-state index in [1.54, 1.807) is 24.3 Å². The zero-order valence-corrected chi connectivity index (χ0v) is 17.7. The molecule has 1 amide bonds. The minimum Gasteiger partial charge on any atom is -0.343 e. The molecule has 0 radical (unpaired) electrons. The largest absolute Gasteiger partial charge is 0.343 e. The number of sulfone groups is 1. The Kier molecular flexibility index (Phi) is 5.96. The van der Waals surface area contributed by atoms with Gasteiger partial charge in [-0.05, 0) is 42.8 Å². The molecule has 0 bridgehead atoms. The van der Waals surface area contributed by atoms with Gasteiger partial charge >= 0.3 is 0 Å². The summed E-state index contributed by atoms with van der Waals surface area (Å²) < 4.78 is 25.2. The molecule has 29 heavy (non-hydrogen) atoms. The maximum Gasteiger partial charge on any atom is 0.258 e. The van der Waals surface area contributed by atoms with Crippen molar-refractivity contribution in [3.63, 3.8) is 0 Å². The van der Waals surface area contributed by atoms with Crippen LogP contribution >= 0.6 is 11.6 Å². The monoisotopic (exact) mass is 428 g/mol. The fourth-order valence-corrected chi connectivity index (χ4v) is 4.04. The second kappa shape index (κ2) is 8.27. The van der Waals surface area contributed by atoms with Crippen LogP contribution in [0.25, 0.3) is 11.3 Å². The highest BCUT2D eigenvalue weighted by Crippen LogP contribution is 2.34. The quantitative estimate of drug-likeness (QED) is 0.564. The second-order valence-electron chi connectivity index (χ2n) is 6.71. The van der Waals surface area contributed by atoms with Gasteiger partial charge in [0.25, 0.3) is 5.91 Å². The summed E-state index contributed by atoms with van der Waals surface area (Å²) in [6.07, 6.45) is 4.79. The topological polar surface area (TPSA) is 68.2 Å². The first-order chi connectivity index (χ1) is 13.7. The average Bonchev–Trinajstić information content (AvgIpc) is 2.98. The molecule has 150 valence electrons. The first-order valence-corrected chi connectivity index (χ1v) is 11.2. The number of carbonyl (C=O) groups excluding carboxylic acids is 1. The van der Waals surface area contributed by atoms with E-state index >= 15 is 0 Å². The Balaban J connectivity index is 2.03. The van der Waals surface area contributed by atoms with E-state index in [1.165, 1.54) is 12.1 Å². The van der Waals surface area contributed by atoms with Crippen LogP contribution in [-0.4, -0.2) is 25.1 Å². The number of halogens is 1. The molecule has 3 aromatic rings. The SMILES string of the molecule is C=CCn1cc(C)c(C(=O)Nc2ccc(S(C)(=O)=O)cc2)c1-c1ccccc1Cl. The summed E-state index contributed by atoms with van der Waals surface area (Å²) >= 11 is 6.41. The van der Waals surface area contributed by atoms with E-state index in [2.05, 4.69) is 11.9 Å². The Morgan fingerprint density at radius 2 is 1.83 bits per heavy atom. The third kappa shape index (κ3) is 4.44. The average molecular weight is 429 g/mol. The van der Waals surface area contributed by atoms with Gasteiger partial charge in [-0.1, -0.05) is 35.9 Å². The summed E-state index contributed by atoms with van der Waals surface area (Å²) in [6.45, 7) is 6.18. The number of aromatic nitrogens is 1. The summed E-state index contributed by atoms with van der Waals surface area (Å²) in [5.41, 5.74) is 3.27. The number of hydrogen-bond donors (Lipinski definition) is 1. The molecular weight excluding hydrogens is 408 g/mol. The van der Waals surface area contributed by atoms with Crippen molar-refractivity contribution in [2.45, 2.75) is 18.4 Å². The van der Waals surface area contributed by atoms with Crippen LogP contribution in [0.5, 0.6) is 0 Å². The van der Waals surface area contributed by atoms with E-state index < -0.39 is 9.84 Å². The second-order valence-corrected chi connectivity index (χ2v) is 9.13. The van der Waals surface area contributed by atoms with Crippen LogP contribution in [0.2, 0.25) is 5.02 Å².